The molecule has 0 aromatic rings. The van der Waals surface area contributed by atoms with Gasteiger partial charge in [0.05, 0.1) is 12.7 Å². The van der Waals surface area contributed by atoms with Crippen molar-refractivity contribution in [3.8, 4) is 0 Å². The lowest BCUT2D eigenvalue weighted by Crippen LogP contribution is -2.56. The van der Waals surface area contributed by atoms with E-state index in [0.29, 0.717) is 26.2 Å². The Balaban J connectivity index is 2.10. The van der Waals surface area contributed by atoms with Gasteiger partial charge in [0.1, 0.15) is 0 Å². The zero-order chi connectivity index (χ0) is 13.3. The fraction of sp³-hybridized carbons (Fsp3) is 1.00. The second-order valence-electron chi connectivity index (χ2n) is 5.29. The normalized spacial score (nSPS) is 36.7. The van der Waals surface area contributed by atoms with Crippen molar-refractivity contribution in [3.63, 3.8) is 0 Å². The number of rotatable bonds is 2. The lowest BCUT2D eigenvalue weighted by atomic mass is 10.0. The molecule has 6 nitrogen and oxygen atoms in total. The van der Waals surface area contributed by atoms with Crippen molar-refractivity contribution in [2.75, 3.05) is 26.2 Å². The standard InChI is InChI=1S/C11H23N3O3S/c1-9-7-11(12)3-4-14(9)18(15,16)13-5-6-17-10(2)8-13/h9-11H,3-8,12H2,1-2H3. The second-order valence-corrected chi connectivity index (χ2v) is 7.17. The molecule has 7 heteroatoms. The summed E-state index contributed by atoms with van der Waals surface area (Å²) >= 11 is 0. The summed E-state index contributed by atoms with van der Waals surface area (Å²) in [5.41, 5.74) is 5.88. The summed E-state index contributed by atoms with van der Waals surface area (Å²) in [4.78, 5) is 0. The van der Waals surface area contributed by atoms with Crippen molar-refractivity contribution in [2.45, 2.75) is 44.9 Å². The first kappa shape index (κ1) is 14.2. The van der Waals surface area contributed by atoms with E-state index in [1.165, 1.54) is 4.31 Å². The Hall–Kier alpha value is -0.210. The maximum absolute atomic E-state index is 12.6. The van der Waals surface area contributed by atoms with Gasteiger partial charge >= 0.3 is 0 Å². The van der Waals surface area contributed by atoms with Gasteiger partial charge in [-0.3, -0.25) is 0 Å². The predicted molar refractivity (Wildman–Crippen MR) is 69.3 cm³/mol. The van der Waals surface area contributed by atoms with E-state index in [9.17, 15) is 8.42 Å². The van der Waals surface area contributed by atoms with E-state index in [2.05, 4.69) is 0 Å². The molecular weight excluding hydrogens is 254 g/mol. The van der Waals surface area contributed by atoms with Crippen molar-refractivity contribution >= 4 is 10.2 Å². The molecule has 106 valence electrons. The number of nitrogens with zero attached hydrogens (tertiary/aromatic N) is 2. The molecule has 0 aromatic carbocycles. The Morgan fingerprint density at radius 1 is 1.28 bits per heavy atom. The molecule has 0 spiro atoms. The first-order chi connectivity index (χ1) is 8.41. The lowest BCUT2D eigenvalue weighted by Gasteiger charge is -2.40. The molecule has 0 amide bonds. The Kier molecular flexibility index (Phi) is 4.28. The van der Waals surface area contributed by atoms with Gasteiger partial charge in [-0.15, -0.1) is 0 Å². The fourth-order valence-corrected chi connectivity index (χ4v) is 4.55. The van der Waals surface area contributed by atoms with Crippen molar-refractivity contribution in [3.05, 3.63) is 0 Å². The van der Waals surface area contributed by atoms with Crippen LogP contribution in [0.15, 0.2) is 0 Å². The van der Waals surface area contributed by atoms with Gasteiger partial charge < -0.3 is 10.5 Å². The molecule has 2 saturated heterocycles. The summed E-state index contributed by atoms with van der Waals surface area (Å²) in [5.74, 6) is 0. The zero-order valence-corrected chi connectivity index (χ0v) is 11.9. The largest absolute Gasteiger partial charge is 0.376 e. The van der Waals surface area contributed by atoms with Crippen LogP contribution in [0.4, 0.5) is 0 Å². The van der Waals surface area contributed by atoms with Gasteiger partial charge in [0, 0.05) is 31.7 Å². The van der Waals surface area contributed by atoms with Crippen LogP contribution in [0.2, 0.25) is 0 Å². The molecule has 2 aliphatic rings. The smallest absolute Gasteiger partial charge is 0.282 e. The molecule has 0 aliphatic carbocycles. The second kappa shape index (κ2) is 5.42. The molecule has 0 aromatic heterocycles. The molecule has 2 heterocycles. The van der Waals surface area contributed by atoms with Gasteiger partial charge in [-0.1, -0.05) is 0 Å². The van der Waals surface area contributed by atoms with Gasteiger partial charge in [-0.2, -0.15) is 17.0 Å². The minimum Gasteiger partial charge on any atom is -0.376 e. The predicted octanol–water partition coefficient (Wildman–Crippen LogP) is -0.236. The zero-order valence-electron chi connectivity index (χ0n) is 11.1. The highest BCUT2D eigenvalue weighted by molar-refractivity contribution is 7.86. The fourth-order valence-electron chi connectivity index (χ4n) is 2.67. The first-order valence-electron chi connectivity index (χ1n) is 6.55. The monoisotopic (exact) mass is 277 g/mol. The quantitative estimate of drug-likeness (QED) is 0.756. The molecule has 0 bridgehead atoms. The summed E-state index contributed by atoms with van der Waals surface area (Å²) < 4.78 is 33.6. The minimum absolute atomic E-state index is 0.0168. The third-order valence-electron chi connectivity index (χ3n) is 3.68. The van der Waals surface area contributed by atoms with Gasteiger partial charge in [-0.25, -0.2) is 0 Å². The molecular formula is C11H23N3O3S. The third kappa shape index (κ3) is 2.85. The van der Waals surface area contributed by atoms with Crippen LogP contribution in [0.3, 0.4) is 0 Å². The van der Waals surface area contributed by atoms with Gasteiger partial charge in [0.2, 0.25) is 0 Å². The van der Waals surface area contributed by atoms with Crippen LogP contribution in [0.5, 0.6) is 0 Å². The van der Waals surface area contributed by atoms with Crippen LogP contribution in [0.25, 0.3) is 0 Å². The summed E-state index contributed by atoms with van der Waals surface area (Å²) in [5, 5.41) is 0. The van der Waals surface area contributed by atoms with E-state index in [4.69, 9.17) is 10.5 Å². The first-order valence-corrected chi connectivity index (χ1v) is 7.95. The maximum Gasteiger partial charge on any atom is 0.282 e. The SMILES string of the molecule is CC1CN(S(=O)(=O)N2CCC(N)CC2C)CCO1. The average molecular weight is 277 g/mol. The summed E-state index contributed by atoms with van der Waals surface area (Å²) in [6.45, 7) is 5.72. The maximum atomic E-state index is 12.6. The molecule has 2 N–H and O–H groups in total. The molecule has 2 fully saturated rings. The minimum atomic E-state index is -3.36. The molecule has 0 saturated carbocycles. The van der Waals surface area contributed by atoms with Crippen molar-refractivity contribution in [1.82, 2.24) is 8.61 Å². The molecule has 2 aliphatic heterocycles. The third-order valence-corrected chi connectivity index (χ3v) is 5.80. The molecule has 0 radical (unpaired) electrons. The molecule has 3 atom stereocenters. The van der Waals surface area contributed by atoms with Gasteiger partial charge in [-0.05, 0) is 26.7 Å². The number of piperidine rings is 1. The van der Waals surface area contributed by atoms with E-state index in [0.717, 1.165) is 12.8 Å². The van der Waals surface area contributed by atoms with Crippen molar-refractivity contribution in [1.29, 1.82) is 0 Å². The van der Waals surface area contributed by atoms with Crippen LogP contribution in [0, 0.1) is 0 Å². The Morgan fingerprint density at radius 2 is 2.00 bits per heavy atom. The molecule has 18 heavy (non-hydrogen) atoms. The summed E-state index contributed by atoms with van der Waals surface area (Å²) in [6.07, 6.45) is 1.44. The Bertz CT molecular complexity index is 387. The van der Waals surface area contributed by atoms with E-state index >= 15 is 0 Å². The topological polar surface area (TPSA) is 75.9 Å². The van der Waals surface area contributed by atoms with Gasteiger partial charge in [0.15, 0.2) is 0 Å². The highest BCUT2D eigenvalue weighted by atomic mass is 32.2. The van der Waals surface area contributed by atoms with Crippen LogP contribution < -0.4 is 5.73 Å². The van der Waals surface area contributed by atoms with Crippen LogP contribution in [-0.2, 0) is 14.9 Å². The van der Waals surface area contributed by atoms with Gasteiger partial charge in [0.25, 0.3) is 10.2 Å². The lowest BCUT2D eigenvalue weighted by molar-refractivity contribution is 0.00738. The number of ether oxygens (including phenoxy) is 1. The van der Waals surface area contributed by atoms with E-state index in [1.54, 1.807) is 4.31 Å². The highest BCUT2D eigenvalue weighted by Crippen LogP contribution is 2.23. The Labute approximate surface area is 109 Å². The average Bonchev–Trinajstić information content (AvgIpc) is 2.28. The number of nitrogens with two attached hydrogens (primary N) is 1. The van der Waals surface area contributed by atoms with Crippen LogP contribution >= 0.6 is 0 Å². The number of hydrogen-bond acceptors (Lipinski definition) is 4. The number of hydrogen-bond donors (Lipinski definition) is 1. The number of morpholine rings is 1. The highest BCUT2D eigenvalue weighted by Gasteiger charge is 2.37. The molecule has 3 unspecified atom stereocenters. The van der Waals surface area contributed by atoms with E-state index < -0.39 is 10.2 Å². The van der Waals surface area contributed by atoms with E-state index in [-0.39, 0.29) is 18.2 Å². The van der Waals surface area contributed by atoms with E-state index in [1.807, 2.05) is 13.8 Å². The summed E-state index contributed by atoms with van der Waals surface area (Å²) in [7, 11) is -3.36. The van der Waals surface area contributed by atoms with Crippen molar-refractivity contribution in [2.24, 2.45) is 5.73 Å². The van der Waals surface area contributed by atoms with Crippen LogP contribution in [-0.4, -0.2) is 61.5 Å². The summed E-state index contributed by atoms with van der Waals surface area (Å²) in [6, 6.07) is 0.104. The van der Waals surface area contributed by atoms with Crippen molar-refractivity contribution < 1.29 is 13.2 Å². The molecule has 2 rings (SSSR count). The Morgan fingerprint density at radius 3 is 2.61 bits per heavy atom. The van der Waals surface area contributed by atoms with Crippen LogP contribution in [0.1, 0.15) is 26.7 Å².